The van der Waals surface area contributed by atoms with E-state index in [9.17, 15) is 0 Å². The van der Waals surface area contributed by atoms with Crippen LogP contribution in [-0.2, 0) is 9.47 Å². The highest BCUT2D eigenvalue weighted by molar-refractivity contribution is 5.89. The number of aromatic nitrogens is 3. The lowest BCUT2D eigenvalue weighted by atomic mass is 10.2. The van der Waals surface area contributed by atoms with Gasteiger partial charge in [0.15, 0.2) is 5.65 Å². The van der Waals surface area contributed by atoms with Crippen molar-refractivity contribution < 1.29 is 9.47 Å². The fraction of sp³-hybridized carbons (Fsp3) is 0.550. The molecule has 28 heavy (non-hydrogen) atoms. The average Bonchev–Trinajstić information content (AvgIpc) is 2.71. The molecule has 2 aromatic rings. The van der Waals surface area contributed by atoms with Gasteiger partial charge in [-0.25, -0.2) is 4.98 Å². The quantitative estimate of drug-likeness (QED) is 0.786. The molecule has 2 saturated heterocycles. The maximum absolute atomic E-state index is 5.88. The van der Waals surface area contributed by atoms with Gasteiger partial charge in [-0.05, 0) is 26.0 Å². The topological polar surface area (TPSA) is 75.6 Å². The minimum Gasteiger partial charge on any atom is -0.378 e. The molecule has 150 valence electrons. The zero-order chi connectivity index (χ0) is 19.5. The highest BCUT2D eigenvalue weighted by Crippen LogP contribution is 2.28. The molecule has 0 saturated carbocycles. The van der Waals surface area contributed by atoms with Crippen LogP contribution in [0.5, 0.6) is 0 Å². The van der Waals surface area contributed by atoms with Gasteiger partial charge in [0.05, 0.1) is 30.8 Å². The van der Waals surface area contributed by atoms with E-state index in [0.717, 1.165) is 43.2 Å². The van der Waals surface area contributed by atoms with Crippen LogP contribution in [0, 0.1) is 0 Å². The number of fused-ring (bicyclic) bond motifs is 1. The van der Waals surface area contributed by atoms with Gasteiger partial charge in [0, 0.05) is 32.7 Å². The summed E-state index contributed by atoms with van der Waals surface area (Å²) < 4.78 is 11.4. The van der Waals surface area contributed by atoms with Gasteiger partial charge in [0.2, 0.25) is 5.95 Å². The Morgan fingerprint density at radius 1 is 1.11 bits per heavy atom. The van der Waals surface area contributed by atoms with Crippen LogP contribution in [-0.4, -0.2) is 73.1 Å². The Bertz CT molecular complexity index is 829. The van der Waals surface area contributed by atoms with Crippen LogP contribution in [0.15, 0.2) is 24.8 Å². The standard InChI is InChI=1S/C20H28N6O2/c1-4-7-21-17-6-5-16-18(22-17)23-20(26-12-14(2)28-15(3)13-26)24-19(16)25-8-10-27-11-9-25/h4-6,14-15H,1,7-13H2,2-3H3,(H,21,22,23,24). The maximum atomic E-state index is 5.88. The van der Waals surface area contributed by atoms with Gasteiger partial charge < -0.3 is 24.6 Å². The molecule has 2 atom stereocenters. The Morgan fingerprint density at radius 2 is 1.86 bits per heavy atom. The van der Waals surface area contributed by atoms with E-state index in [0.29, 0.717) is 31.4 Å². The normalized spacial score (nSPS) is 23.1. The van der Waals surface area contributed by atoms with Crippen LogP contribution in [0.25, 0.3) is 11.0 Å². The van der Waals surface area contributed by atoms with Gasteiger partial charge >= 0.3 is 0 Å². The van der Waals surface area contributed by atoms with Crippen molar-refractivity contribution >= 4 is 28.6 Å². The summed E-state index contributed by atoms with van der Waals surface area (Å²) >= 11 is 0. The summed E-state index contributed by atoms with van der Waals surface area (Å²) in [4.78, 5) is 19.0. The number of anilines is 3. The molecule has 4 heterocycles. The third-order valence-electron chi connectivity index (χ3n) is 4.97. The minimum atomic E-state index is 0.142. The van der Waals surface area contributed by atoms with Crippen molar-refractivity contribution in [3.63, 3.8) is 0 Å². The van der Waals surface area contributed by atoms with Crippen molar-refractivity contribution in [3.8, 4) is 0 Å². The smallest absolute Gasteiger partial charge is 0.229 e. The lowest BCUT2D eigenvalue weighted by Crippen LogP contribution is -2.46. The SMILES string of the molecule is C=CCNc1ccc2c(N3CCOCC3)nc(N3CC(C)OC(C)C3)nc2n1. The summed E-state index contributed by atoms with van der Waals surface area (Å²) in [6.45, 7) is 13.2. The number of hydrogen-bond acceptors (Lipinski definition) is 8. The molecule has 8 heteroatoms. The zero-order valence-corrected chi connectivity index (χ0v) is 16.6. The first-order valence-electron chi connectivity index (χ1n) is 9.90. The molecule has 8 nitrogen and oxygen atoms in total. The van der Waals surface area contributed by atoms with Crippen LogP contribution in [0.4, 0.5) is 17.6 Å². The average molecular weight is 384 g/mol. The van der Waals surface area contributed by atoms with Crippen molar-refractivity contribution in [1.82, 2.24) is 15.0 Å². The van der Waals surface area contributed by atoms with Crippen molar-refractivity contribution in [2.75, 3.05) is 61.1 Å². The molecule has 0 radical (unpaired) electrons. The summed E-state index contributed by atoms with van der Waals surface area (Å²) in [5.41, 5.74) is 0.701. The highest BCUT2D eigenvalue weighted by atomic mass is 16.5. The molecule has 0 spiro atoms. The Balaban J connectivity index is 1.76. The third kappa shape index (κ3) is 4.02. The number of ether oxygens (including phenoxy) is 2. The molecular weight excluding hydrogens is 356 g/mol. The summed E-state index contributed by atoms with van der Waals surface area (Å²) in [7, 11) is 0. The van der Waals surface area contributed by atoms with Crippen molar-refractivity contribution in [2.45, 2.75) is 26.1 Å². The molecule has 2 aliphatic rings. The molecule has 1 N–H and O–H groups in total. The Kier molecular flexibility index (Phi) is 5.59. The van der Waals surface area contributed by atoms with Gasteiger partial charge in [0.1, 0.15) is 11.6 Å². The molecule has 2 unspecified atom stereocenters. The van der Waals surface area contributed by atoms with Crippen molar-refractivity contribution in [3.05, 3.63) is 24.8 Å². The minimum absolute atomic E-state index is 0.142. The number of nitrogens with one attached hydrogen (secondary N) is 1. The van der Waals surface area contributed by atoms with E-state index in [1.165, 1.54) is 0 Å². The molecule has 2 aliphatic heterocycles. The van der Waals surface area contributed by atoms with E-state index >= 15 is 0 Å². The number of hydrogen-bond donors (Lipinski definition) is 1. The molecule has 0 bridgehead atoms. The lowest BCUT2D eigenvalue weighted by molar-refractivity contribution is -0.00570. The molecule has 0 amide bonds. The van der Waals surface area contributed by atoms with Crippen molar-refractivity contribution in [1.29, 1.82) is 0 Å². The van der Waals surface area contributed by atoms with Crippen LogP contribution >= 0.6 is 0 Å². The summed E-state index contributed by atoms with van der Waals surface area (Å²) in [6, 6.07) is 4.02. The van der Waals surface area contributed by atoms with Crippen LogP contribution in [0.1, 0.15) is 13.8 Å². The first kappa shape index (κ1) is 18.9. The third-order valence-corrected chi connectivity index (χ3v) is 4.97. The van der Waals surface area contributed by atoms with Crippen LogP contribution < -0.4 is 15.1 Å². The van der Waals surface area contributed by atoms with Gasteiger partial charge in [0.25, 0.3) is 0 Å². The molecule has 2 fully saturated rings. The van der Waals surface area contributed by atoms with Gasteiger partial charge in [-0.15, -0.1) is 6.58 Å². The summed E-state index contributed by atoms with van der Waals surface area (Å²) in [6.07, 6.45) is 2.10. The summed E-state index contributed by atoms with van der Waals surface area (Å²) in [5, 5.41) is 4.20. The molecule has 4 rings (SSSR count). The number of rotatable bonds is 5. The van der Waals surface area contributed by atoms with E-state index in [1.807, 2.05) is 18.2 Å². The number of pyridine rings is 1. The number of nitrogens with zero attached hydrogens (tertiary/aromatic N) is 5. The predicted octanol–water partition coefficient (Wildman–Crippen LogP) is 2.07. The Morgan fingerprint density at radius 3 is 2.57 bits per heavy atom. The second kappa shape index (κ2) is 8.28. The first-order chi connectivity index (χ1) is 13.6. The monoisotopic (exact) mass is 384 g/mol. The van der Waals surface area contributed by atoms with E-state index in [-0.39, 0.29) is 12.2 Å². The zero-order valence-electron chi connectivity index (χ0n) is 16.6. The summed E-state index contributed by atoms with van der Waals surface area (Å²) in [5.74, 6) is 2.43. The lowest BCUT2D eigenvalue weighted by Gasteiger charge is -2.36. The van der Waals surface area contributed by atoms with Crippen LogP contribution in [0.3, 0.4) is 0 Å². The molecule has 0 aliphatic carbocycles. The van der Waals surface area contributed by atoms with E-state index in [4.69, 9.17) is 24.4 Å². The van der Waals surface area contributed by atoms with E-state index in [1.54, 1.807) is 0 Å². The predicted molar refractivity (Wildman–Crippen MR) is 111 cm³/mol. The van der Waals surface area contributed by atoms with E-state index < -0.39 is 0 Å². The second-order valence-corrected chi connectivity index (χ2v) is 7.35. The largest absolute Gasteiger partial charge is 0.378 e. The van der Waals surface area contributed by atoms with Gasteiger partial charge in [-0.1, -0.05) is 6.08 Å². The first-order valence-corrected chi connectivity index (χ1v) is 9.90. The van der Waals surface area contributed by atoms with Crippen LogP contribution in [0.2, 0.25) is 0 Å². The molecular formula is C20H28N6O2. The highest BCUT2D eigenvalue weighted by Gasteiger charge is 2.26. The molecule has 2 aromatic heterocycles. The fourth-order valence-corrected chi connectivity index (χ4v) is 3.76. The Labute approximate surface area is 165 Å². The molecule has 0 aromatic carbocycles. The maximum Gasteiger partial charge on any atom is 0.229 e. The van der Waals surface area contributed by atoms with E-state index in [2.05, 4.69) is 35.5 Å². The van der Waals surface area contributed by atoms with Gasteiger partial charge in [-0.2, -0.15) is 9.97 Å². The fourth-order valence-electron chi connectivity index (χ4n) is 3.76. The van der Waals surface area contributed by atoms with Gasteiger partial charge in [-0.3, -0.25) is 0 Å². The second-order valence-electron chi connectivity index (χ2n) is 7.35. The Hall–Kier alpha value is -2.45. The number of morpholine rings is 2. The van der Waals surface area contributed by atoms with Crippen molar-refractivity contribution in [2.24, 2.45) is 0 Å².